The van der Waals surface area contributed by atoms with E-state index in [9.17, 15) is 13.2 Å². The lowest BCUT2D eigenvalue weighted by molar-refractivity contribution is -0.132. The molecule has 2 aliphatic heterocycles. The van der Waals surface area contributed by atoms with Gasteiger partial charge in [0.2, 0.25) is 5.91 Å². The minimum atomic E-state index is -3.84. The highest BCUT2D eigenvalue weighted by atomic mass is 32.2. The van der Waals surface area contributed by atoms with Crippen molar-refractivity contribution >= 4 is 26.8 Å². The largest absolute Gasteiger partial charge is 0.331 e. The van der Waals surface area contributed by atoms with Crippen molar-refractivity contribution in [3.8, 4) is 0 Å². The summed E-state index contributed by atoms with van der Waals surface area (Å²) in [6, 6.07) is 15.0. The number of carbonyl (C=O) groups excluding carboxylic acids is 1. The number of para-hydroxylation sites is 1. The molecule has 6 heteroatoms. The third kappa shape index (κ3) is 2.59. The second-order valence-electron chi connectivity index (χ2n) is 10.2. The van der Waals surface area contributed by atoms with Crippen LogP contribution in [0.3, 0.4) is 0 Å². The van der Waals surface area contributed by atoms with E-state index in [0.717, 1.165) is 40.6 Å². The summed E-state index contributed by atoms with van der Waals surface area (Å²) >= 11 is 0. The van der Waals surface area contributed by atoms with Crippen LogP contribution in [0, 0.1) is 24.7 Å². The molecule has 5 nitrogen and oxygen atoms in total. The normalized spacial score (nSPS) is 28.8. The lowest BCUT2D eigenvalue weighted by Crippen LogP contribution is -2.51. The maximum Gasteiger partial charge on any atom is 0.268 e. The summed E-state index contributed by atoms with van der Waals surface area (Å²) < 4.78 is 30.1. The molecule has 1 saturated carbocycles. The number of hydrogen-bond acceptors (Lipinski definition) is 3. The van der Waals surface area contributed by atoms with Crippen LogP contribution in [0.15, 0.2) is 53.4 Å². The number of nitrogens with zero attached hydrogens (tertiary/aromatic N) is 2. The maximum atomic E-state index is 14.2. The lowest BCUT2D eigenvalue weighted by atomic mass is 9.77. The summed E-state index contributed by atoms with van der Waals surface area (Å²) in [5.74, 6) is 1.19. The Labute approximate surface area is 195 Å². The molecule has 0 bridgehead atoms. The molecule has 6 rings (SSSR count). The van der Waals surface area contributed by atoms with Gasteiger partial charge in [0.15, 0.2) is 0 Å². The van der Waals surface area contributed by atoms with Crippen LogP contribution in [0.25, 0.3) is 10.9 Å². The topological polar surface area (TPSA) is 59.4 Å². The molecule has 0 radical (unpaired) electrons. The number of carbonyl (C=O) groups is 1. The van der Waals surface area contributed by atoms with Gasteiger partial charge in [0.1, 0.15) is 0 Å². The zero-order valence-electron chi connectivity index (χ0n) is 19.4. The third-order valence-electron chi connectivity index (χ3n) is 8.63. The Hall–Kier alpha value is -2.60. The molecule has 2 unspecified atom stereocenters. The Balaban J connectivity index is 1.71. The molecular weight excluding hydrogens is 432 g/mol. The molecule has 0 N–H and O–H groups in total. The number of aromatic nitrogens is 1. The fourth-order valence-electron chi connectivity index (χ4n) is 7.36. The summed E-state index contributed by atoms with van der Waals surface area (Å²) in [6.07, 6.45) is 3.05. The first-order chi connectivity index (χ1) is 15.8. The number of amides is 1. The van der Waals surface area contributed by atoms with Gasteiger partial charge in [0.25, 0.3) is 10.0 Å². The van der Waals surface area contributed by atoms with Crippen LogP contribution in [0.2, 0.25) is 0 Å². The zero-order valence-corrected chi connectivity index (χ0v) is 20.2. The van der Waals surface area contributed by atoms with Crippen molar-refractivity contribution in [3.63, 3.8) is 0 Å². The summed E-state index contributed by atoms with van der Waals surface area (Å²) in [5.41, 5.74) is 3.18. The van der Waals surface area contributed by atoms with Crippen molar-refractivity contribution in [1.29, 1.82) is 0 Å². The minimum Gasteiger partial charge on any atom is -0.331 e. The van der Waals surface area contributed by atoms with Crippen molar-refractivity contribution in [3.05, 3.63) is 65.4 Å². The van der Waals surface area contributed by atoms with E-state index in [2.05, 4.69) is 13.8 Å². The van der Waals surface area contributed by atoms with Crippen LogP contribution in [0.5, 0.6) is 0 Å². The second kappa shape index (κ2) is 6.95. The van der Waals surface area contributed by atoms with Crippen molar-refractivity contribution in [1.82, 2.24) is 8.87 Å². The second-order valence-corrected chi connectivity index (χ2v) is 12.0. The van der Waals surface area contributed by atoms with Crippen LogP contribution in [-0.4, -0.2) is 29.7 Å². The van der Waals surface area contributed by atoms with Gasteiger partial charge in [0, 0.05) is 18.4 Å². The number of rotatable bonds is 3. The maximum absolute atomic E-state index is 14.2. The van der Waals surface area contributed by atoms with E-state index in [0.29, 0.717) is 36.1 Å². The fraction of sp³-hybridized carbons (Fsp3) is 0.444. The van der Waals surface area contributed by atoms with E-state index in [1.54, 1.807) is 16.1 Å². The molecule has 4 atom stereocenters. The van der Waals surface area contributed by atoms with Crippen molar-refractivity contribution in [2.24, 2.45) is 17.8 Å². The fourth-order valence-corrected chi connectivity index (χ4v) is 8.98. The van der Waals surface area contributed by atoms with Crippen LogP contribution in [0.4, 0.5) is 0 Å². The van der Waals surface area contributed by atoms with Gasteiger partial charge in [-0.25, -0.2) is 12.4 Å². The van der Waals surface area contributed by atoms with E-state index in [1.165, 1.54) is 0 Å². The number of hydrogen-bond donors (Lipinski definition) is 0. The van der Waals surface area contributed by atoms with Crippen molar-refractivity contribution in [2.75, 3.05) is 6.54 Å². The first kappa shape index (κ1) is 21.0. The molecule has 1 amide bonds. The molecule has 2 fully saturated rings. The van der Waals surface area contributed by atoms with Gasteiger partial charge in [-0.15, -0.1) is 0 Å². The summed E-state index contributed by atoms with van der Waals surface area (Å²) in [7, 11) is -3.84. The number of fused-ring (bicyclic) bond motifs is 3. The molecule has 1 spiro atoms. The van der Waals surface area contributed by atoms with Gasteiger partial charge < -0.3 is 4.90 Å². The smallest absolute Gasteiger partial charge is 0.268 e. The highest BCUT2D eigenvalue weighted by molar-refractivity contribution is 7.90. The van der Waals surface area contributed by atoms with Crippen LogP contribution >= 0.6 is 0 Å². The first-order valence-electron chi connectivity index (χ1n) is 12.1. The summed E-state index contributed by atoms with van der Waals surface area (Å²) in [5, 5.41) is 1.00. The van der Waals surface area contributed by atoms with Gasteiger partial charge in [-0.1, -0.05) is 56.2 Å². The van der Waals surface area contributed by atoms with E-state index >= 15 is 0 Å². The standard InChI is InChI=1S/C27H30N2O3S/c1-4-20-18(3)16-27-23(20)15-25(30)28(27)14-13-22-21-7-5-6-8-24(21)29(26(22)27)33(31,32)19-11-9-17(2)10-12-19/h5-12,18,20,23H,4,13-16H2,1-3H3/t18-,20+,23?,27?/m1/s1. The predicted molar refractivity (Wildman–Crippen MR) is 128 cm³/mol. The highest BCUT2D eigenvalue weighted by Crippen LogP contribution is 2.62. The molecule has 1 aliphatic carbocycles. The predicted octanol–water partition coefficient (Wildman–Crippen LogP) is 4.85. The molecule has 1 aromatic heterocycles. The van der Waals surface area contributed by atoms with Gasteiger partial charge >= 0.3 is 0 Å². The van der Waals surface area contributed by atoms with Crippen LogP contribution in [-0.2, 0) is 26.8 Å². The molecule has 3 aliphatic rings. The molecule has 33 heavy (non-hydrogen) atoms. The van der Waals surface area contributed by atoms with Gasteiger partial charge in [0.05, 0.1) is 21.6 Å². The van der Waals surface area contributed by atoms with E-state index in [-0.39, 0.29) is 11.8 Å². The van der Waals surface area contributed by atoms with Crippen molar-refractivity contribution in [2.45, 2.75) is 56.9 Å². The van der Waals surface area contributed by atoms with E-state index in [1.807, 2.05) is 48.2 Å². The Morgan fingerprint density at radius 1 is 1.09 bits per heavy atom. The summed E-state index contributed by atoms with van der Waals surface area (Å²) in [6.45, 7) is 7.11. The SMILES string of the molecule is CC[C@@H]1C2CC(=O)N3CCc4c(n(S(=O)(=O)c5ccc(C)cc5)c5ccccc45)C23C[C@H]1C. The Morgan fingerprint density at radius 2 is 1.82 bits per heavy atom. The average Bonchev–Trinajstić information content (AvgIpc) is 3.37. The Bertz CT molecular complexity index is 1390. The number of benzene rings is 2. The van der Waals surface area contributed by atoms with E-state index < -0.39 is 15.6 Å². The number of aryl methyl sites for hydroxylation is 1. The Morgan fingerprint density at radius 3 is 2.55 bits per heavy atom. The van der Waals surface area contributed by atoms with Crippen LogP contribution < -0.4 is 0 Å². The molecular formula is C27H30N2O3S. The van der Waals surface area contributed by atoms with Gasteiger partial charge in [-0.05, 0) is 61.3 Å². The minimum absolute atomic E-state index is 0.153. The summed E-state index contributed by atoms with van der Waals surface area (Å²) in [4.78, 5) is 15.6. The first-order valence-corrected chi connectivity index (χ1v) is 13.5. The van der Waals surface area contributed by atoms with Gasteiger partial charge in [-0.2, -0.15) is 0 Å². The quantitative estimate of drug-likeness (QED) is 0.559. The molecule has 1 saturated heterocycles. The third-order valence-corrected chi connectivity index (χ3v) is 10.4. The molecule has 2 aromatic carbocycles. The molecule has 172 valence electrons. The van der Waals surface area contributed by atoms with E-state index in [4.69, 9.17) is 0 Å². The zero-order chi connectivity index (χ0) is 23.1. The lowest BCUT2D eigenvalue weighted by Gasteiger charge is -2.44. The van der Waals surface area contributed by atoms with Gasteiger partial charge in [-0.3, -0.25) is 4.79 Å². The molecule has 3 heterocycles. The highest BCUT2D eigenvalue weighted by Gasteiger charge is 2.65. The monoisotopic (exact) mass is 462 g/mol. The van der Waals surface area contributed by atoms with Crippen molar-refractivity contribution < 1.29 is 13.2 Å². The molecule has 3 aromatic rings. The average molecular weight is 463 g/mol. The Kier molecular flexibility index (Phi) is 4.42. The van der Waals surface area contributed by atoms with Crippen LogP contribution in [0.1, 0.15) is 49.9 Å².